The molecule has 0 spiro atoms. The molecule has 0 aromatic rings. The van der Waals surface area contributed by atoms with Gasteiger partial charge in [0.1, 0.15) is 6.10 Å². The summed E-state index contributed by atoms with van der Waals surface area (Å²) in [5.74, 6) is 1.74. The van der Waals surface area contributed by atoms with Crippen LogP contribution in [0.3, 0.4) is 0 Å². The van der Waals surface area contributed by atoms with E-state index in [-0.39, 0.29) is 45.5 Å². The van der Waals surface area contributed by atoms with Crippen LogP contribution in [0.4, 0.5) is 0 Å². The van der Waals surface area contributed by atoms with E-state index in [4.69, 9.17) is 4.74 Å². The SMILES string of the molecule is CC(C)C1=C2[C@H]3CCC4[C@@]5(C)CC[C@H](OC(=O)CC(C)(C)C(=O)O)C(C)(C)C5CC[C@@]4(C)[C@]3(C)CC[C@@]2(CCN(CCN2CCCC2=O)CC2CCC2)CC1=O. The van der Waals surface area contributed by atoms with Crippen LogP contribution in [0.15, 0.2) is 11.1 Å². The summed E-state index contributed by atoms with van der Waals surface area (Å²) in [6, 6.07) is 0. The summed E-state index contributed by atoms with van der Waals surface area (Å²) < 4.78 is 6.21. The van der Waals surface area contributed by atoms with Crippen molar-refractivity contribution in [2.75, 3.05) is 32.7 Å². The first kappa shape index (κ1) is 41.9. The Morgan fingerprint density at radius 2 is 1.62 bits per heavy atom. The van der Waals surface area contributed by atoms with Crippen LogP contribution < -0.4 is 0 Å². The van der Waals surface area contributed by atoms with Crippen molar-refractivity contribution in [3.63, 3.8) is 0 Å². The van der Waals surface area contributed by atoms with Gasteiger partial charge in [-0.2, -0.15) is 0 Å². The van der Waals surface area contributed by atoms with Gasteiger partial charge in [-0.3, -0.25) is 19.2 Å². The minimum Gasteiger partial charge on any atom is -0.481 e. The maximum Gasteiger partial charge on any atom is 0.309 e. The highest BCUT2D eigenvalue weighted by Crippen LogP contribution is 2.77. The average Bonchev–Trinajstić information content (AvgIpc) is 3.64. The number of Topliss-reactive ketones (excluding diaryl/α,β-unsaturated/α-hetero) is 1. The summed E-state index contributed by atoms with van der Waals surface area (Å²) in [6.07, 6.45) is 15.7. The van der Waals surface area contributed by atoms with Gasteiger partial charge in [0.05, 0.1) is 11.8 Å². The lowest BCUT2D eigenvalue weighted by molar-refractivity contribution is -0.233. The molecule has 1 heterocycles. The van der Waals surface area contributed by atoms with Crippen LogP contribution in [0.25, 0.3) is 0 Å². The number of nitrogens with zero attached hydrogens (tertiary/aromatic N) is 2. The van der Waals surface area contributed by atoms with E-state index in [1.54, 1.807) is 19.4 Å². The first-order chi connectivity index (χ1) is 26.2. The lowest BCUT2D eigenvalue weighted by Crippen LogP contribution is -2.65. The number of esters is 1. The van der Waals surface area contributed by atoms with Gasteiger partial charge < -0.3 is 19.6 Å². The van der Waals surface area contributed by atoms with E-state index in [0.29, 0.717) is 42.3 Å². The molecule has 8 nitrogen and oxygen atoms in total. The topological polar surface area (TPSA) is 104 Å². The first-order valence-electron chi connectivity index (χ1n) is 22.9. The number of aliphatic carboxylic acids is 1. The average molecular weight is 777 g/mol. The summed E-state index contributed by atoms with van der Waals surface area (Å²) in [5.41, 5.74) is 1.68. The molecular weight excluding hydrogens is 701 g/mol. The Labute approximate surface area is 338 Å². The normalized spacial score (nSPS) is 38.3. The summed E-state index contributed by atoms with van der Waals surface area (Å²) in [7, 11) is 0. The zero-order valence-corrected chi connectivity index (χ0v) is 36.7. The number of ketones is 1. The first-order valence-corrected chi connectivity index (χ1v) is 22.9. The molecule has 1 saturated heterocycles. The standard InChI is InChI=1S/C48H76N2O6/c1-31(2)40-34(51)28-48(23-25-49(30-32-12-10-13-32)26-27-50-24-11-14-38(50)52)22-21-46(8)33(41(40)48)15-16-36-45(7)19-18-37(56-39(53)29-43(3,4)42(54)55)44(5,6)35(45)17-20-47(36,46)9/h31-33,35-37H,10-30H2,1-9H3,(H,54,55)/t33-,35?,36?,37+,45+,46-,47-,48-/m1/s1. The van der Waals surface area contributed by atoms with Gasteiger partial charge in [-0.05, 0) is 149 Å². The molecule has 0 bridgehead atoms. The number of fused-ring (bicyclic) bond motifs is 7. The van der Waals surface area contributed by atoms with E-state index in [2.05, 4.69) is 58.3 Å². The fourth-order valence-corrected chi connectivity index (χ4v) is 14.8. The van der Waals surface area contributed by atoms with Crippen LogP contribution in [0.5, 0.6) is 0 Å². The van der Waals surface area contributed by atoms with Crippen LogP contribution in [0, 0.1) is 62.1 Å². The number of ether oxygens (including phenoxy) is 1. The third-order valence-corrected chi connectivity index (χ3v) is 18.5. The molecule has 56 heavy (non-hydrogen) atoms. The van der Waals surface area contributed by atoms with Crippen molar-refractivity contribution in [3.05, 3.63) is 11.1 Å². The van der Waals surface area contributed by atoms with Crippen LogP contribution >= 0.6 is 0 Å². The van der Waals surface area contributed by atoms with Gasteiger partial charge in [-0.1, -0.05) is 60.5 Å². The Hall–Kier alpha value is -2.22. The number of likely N-dealkylation sites (tertiary alicyclic amines) is 1. The number of hydrogen-bond donors (Lipinski definition) is 1. The quantitative estimate of drug-likeness (QED) is 0.186. The Balaban J connectivity index is 1.12. The molecule has 0 radical (unpaired) electrons. The van der Waals surface area contributed by atoms with E-state index >= 15 is 0 Å². The van der Waals surface area contributed by atoms with Crippen molar-refractivity contribution in [1.82, 2.24) is 9.80 Å². The molecule has 2 unspecified atom stereocenters. The van der Waals surface area contributed by atoms with Gasteiger partial charge in [0, 0.05) is 49.9 Å². The van der Waals surface area contributed by atoms with Crippen LogP contribution in [-0.4, -0.2) is 77.4 Å². The third-order valence-electron chi connectivity index (χ3n) is 18.5. The molecule has 0 aromatic heterocycles. The number of carboxylic acids is 1. The number of carbonyl (C=O) groups is 4. The smallest absolute Gasteiger partial charge is 0.309 e. The van der Waals surface area contributed by atoms with E-state index in [1.807, 2.05) is 0 Å². The fraction of sp³-hybridized carbons (Fsp3) is 0.875. The molecule has 7 aliphatic rings. The Bertz CT molecular complexity index is 1610. The molecule has 6 fully saturated rings. The second-order valence-corrected chi connectivity index (χ2v) is 22.5. The number of rotatable bonds is 13. The summed E-state index contributed by atoms with van der Waals surface area (Å²) in [5, 5.41) is 9.65. The lowest BCUT2D eigenvalue weighted by atomic mass is 9.33. The molecule has 0 aromatic carbocycles. The van der Waals surface area contributed by atoms with Crippen LogP contribution in [0.2, 0.25) is 0 Å². The molecule has 6 aliphatic carbocycles. The largest absolute Gasteiger partial charge is 0.481 e. The number of allylic oxidation sites excluding steroid dienone is 2. The minimum atomic E-state index is -1.15. The van der Waals surface area contributed by atoms with Crippen molar-refractivity contribution in [2.45, 2.75) is 171 Å². The summed E-state index contributed by atoms with van der Waals surface area (Å²) in [6.45, 7) is 25.0. The molecule has 7 rings (SSSR count). The zero-order chi connectivity index (χ0) is 40.6. The molecule has 1 aliphatic heterocycles. The second-order valence-electron chi connectivity index (χ2n) is 22.5. The van der Waals surface area contributed by atoms with Crippen molar-refractivity contribution < 1.29 is 29.0 Å². The molecule has 1 N–H and O–H groups in total. The van der Waals surface area contributed by atoms with Gasteiger partial charge in [0.2, 0.25) is 5.91 Å². The number of amides is 1. The summed E-state index contributed by atoms with van der Waals surface area (Å²) in [4.78, 5) is 56.5. The van der Waals surface area contributed by atoms with Gasteiger partial charge in [-0.25, -0.2) is 0 Å². The van der Waals surface area contributed by atoms with Crippen molar-refractivity contribution in [3.8, 4) is 0 Å². The molecule has 1 amide bonds. The fourth-order valence-electron chi connectivity index (χ4n) is 14.8. The zero-order valence-electron chi connectivity index (χ0n) is 36.7. The number of carboxylic acid groups (broad SMARTS) is 1. The second kappa shape index (κ2) is 14.8. The summed E-state index contributed by atoms with van der Waals surface area (Å²) >= 11 is 0. The monoisotopic (exact) mass is 777 g/mol. The van der Waals surface area contributed by atoms with Gasteiger partial charge in [0.15, 0.2) is 5.78 Å². The predicted molar refractivity (Wildman–Crippen MR) is 220 cm³/mol. The van der Waals surface area contributed by atoms with Crippen LogP contribution in [-0.2, 0) is 23.9 Å². The maximum atomic E-state index is 14.3. The highest BCUT2D eigenvalue weighted by Gasteiger charge is 2.70. The minimum absolute atomic E-state index is 0.0500. The highest BCUT2D eigenvalue weighted by atomic mass is 16.5. The lowest BCUT2D eigenvalue weighted by Gasteiger charge is -2.72. The van der Waals surface area contributed by atoms with Crippen molar-refractivity contribution in [1.29, 1.82) is 0 Å². The van der Waals surface area contributed by atoms with E-state index < -0.39 is 17.4 Å². The Kier molecular flexibility index (Phi) is 11.1. The van der Waals surface area contributed by atoms with Crippen LogP contribution in [0.1, 0.15) is 165 Å². The van der Waals surface area contributed by atoms with Crippen molar-refractivity contribution >= 4 is 23.6 Å². The van der Waals surface area contributed by atoms with Gasteiger partial charge >= 0.3 is 11.9 Å². The molecule has 314 valence electrons. The molecule has 8 atom stereocenters. The van der Waals surface area contributed by atoms with E-state index in [9.17, 15) is 24.3 Å². The maximum absolute atomic E-state index is 14.3. The Morgan fingerprint density at radius 1 is 0.893 bits per heavy atom. The predicted octanol–water partition coefficient (Wildman–Crippen LogP) is 9.49. The number of carbonyl (C=O) groups excluding carboxylic acids is 3. The van der Waals surface area contributed by atoms with E-state index in [1.165, 1.54) is 37.7 Å². The van der Waals surface area contributed by atoms with Gasteiger partial charge in [0.25, 0.3) is 0 Å². The van der Waals surface area contributed by atoms with Gasteiger partial charge in [-0.15, -0.1) is 0 Å². The van der Waals surface area contributed by atoms with E-state index in [0.717, 1.165) is 90.0 Å². The molecule has 5 saturated carbocycles. The Morgan fingerprint density at radius 3 is 2.25 bits per heavy atom. The molecule has 8 heteroatoms. The number of hydrogen-bond acceptors (Lipinski definition) is 6. The van der Waals surface area contributed by atoms with Crippen molar-refractivity contribution in [2.24, 2.45) is 62.1 Å². The third kappa shape index (κ3) is 6.83. The highest BCUT2D eigenvalue weighted by molar-refractivity contribution is 6.00. The molecular formula is C48H76N2O6.